The van der Waals surface area contributed by atoms with E-state index in [0.29, 0.717) is 17.1 Å². The number of hydrogen-bond donors (Lipinski definition) is 2. The second-order valence-electron chi connectivity index (χ2n) is 4.78. The Morgan fingerprint density at radius 1 is 1.08 bits per heavy atom. The number of ether oxygens (including phenoxy) is 2. The monoisotopic (exact) mass is 327 g/mol. The van der Waals surface area contributed by atoms with E-state index in [2.05, 4.69) is 5.32 Å². The highest BCUT2D eigenvalue weighted by molar-refractivity contribution is 6.06. The summed E-state index contributed by atoms with van der Waals surface area (Å²) in [5.41, 5.74) is 0.961. The van der Waals surface area contributed by atoms with Crippen LogP contribution in [-0.4, -0.2) is 31.2 Å². The fourth-order valence-electron chi connectivity index (χ4n) is 2.07. The number of hydrogen-bond acceptors (Lipinski definition) is 4. The molecule has 0 unspecified atom stereocenters. The van der Waals surface area contributed by atoms with Crippen molar-refractivity contribution in [3.05, 3.63) is 59.7 Å². The van der Waals surface area contributed by atoms with Crippen LogP contribution in [0.1, 0.15) is 15.9 Å². The fraction of sp³-hybridized carbons (Fsp3) is 0.111. The van der Waals surface area contributed by atoms with Crippen LogP contribution >= 0.6 is 0 Å². The van der Waals surface area contributed by atoms with Crippen molar-refractivity contribution in [2.24, 2.45) is 0 Å². The molecule has 6 nitrogen and oxygen atoms in total. The molecule has 24 heavy (non-hydrogen) atoms. The topological polar surface area (TPSA) is 84.9 Å². The molecular weight excluding hydrogens is 310 g/mol. The Morgan fingerprint density at radius 2 is 1.83 bits per heavy atom. The second-order valence-corrected chi connectivity index (χ2v) is 4.78. The molecule has 124 valence electrons. The maximum atomic E-state index is 12.0. The molecular formula is C18H17NO5. The van der Waals surface area contributed by atoms with Crippen molar-refractivity contribution in [2.45, 2.75) is 0 Å². The first kappa shape index (κ1) is 17.1. The van der Waals surface area contributed by atoms with E-state index in [9.17, 15) is 9.59 Å². The lowest BCUT2D eigenvalue weighted by Gasteiger charge is -2.08. The molecule has 0 aromatic heterocycles. The number of para-hydroxylation sites is 1. The smallest absolute Gasteiger partial charge is 0.337 e. The van der Waals surface area contributed by atoms with Crippen LogP contribution in [0.15, 0.2) is 48.5 Å². The molecule has 0 spiro atoms. The van der Waals surface area contributed by atoms with Gasteiger partial charge in [0, 0.05) is 17.7 Å². The van der Waals surface area contributed by atoms with Crippen molar-refractivity contribution in [3.8, 4) is 11.5 Å². The largest absolute Gasteiger partial charge is 0.497 e. The van der Waals surface area contributed by atoms with Gasteiger partial charge in [-0.3, -0.25) is 4.79 Å². The zero-order chi connectivity index (χ0) is 17.5. The minimum Gasteiger partial charge on any atom is -0.497 e. The number of carboxylic acid groups (broad SMARTS) is 1. The number of aromatic carboxylic acids is 1. The lowest BCUT2D eigenvalue weighted by molar-refractivity contribution is -0.111. The van der Waals surface area contributed by atoms with Gasteiger partial charge in [0.1, 0.15) is 11.5 Å². The number of amides is 1. The van der Waals surface area contributed by atoms with Gasteiger partial charge in [-0.15, -0.1) is 0 Å². The second kappa shape index (κ2) is 7.82. The highest BCUT2D eigenvalue weighted by atomic mass is 16.5. The Bertz CT molecular complexity index is 783. The summed E-state index contributed by atoms with van der Waals surface area (Å²) in [5, 5.41) is 11.7. The van der Waals surface area contributed by atoms with Crippen LogP contribution < -0.4 is 14.8 Å². The number of carbonyl (C=O) groups is 2. The predicted octanol–water partition coefficient (Wildman–Crippen LogP) is 3.05. The molecule has 0 saturated carbocycles. The van der Waals surface area contributed by atoms with Crippen LogP contribution in [0.3, 0.4) is 0 Å². The Morgan fingerprint density at radius 3 is 2.50 bits per heavy atom. The molecule has 6 heteroatoms. The predicted molar refractivity (Wildman–Crippen MR) is 90.6 cm³/mol. The zero-order valence-corrected chi connectivity index (χ0v) is 13.3. The zero-order valence-electron chi connectivity index (χ0n) is 13.3. The van der Waals surface area contributed by atoms with Crippen molar-refractivity contribution in [2.75, 3.05) is 19.5 Å². The highest BCUT2D eigenvalue weighted by Gasteiger charge is 2.10. The van der Waals surface area contributed by atoms with Crippen LogP contribution in [0.25, 0.3) is 6.08 Å². The minimum absolute atomic E-state index is 0.0290. The summed E-state index contributed by atoms with van der Waals surface area (Å²) in [6, 6.07) is 11.4. The van der Waals surface area contributed by atoms with Crippen molar-refractivity contribution < 1.29 is 24.2 Å². The molecule has 1 amide bonds. The third kappa shape index (κ3) is 4.13. The van der Waals surface area contributed by atoms with Crippen molar-refractivity contribution in [1.29, 1.82) is 0 Å². The third-order valence-corrected chi connectivity index (χ3v) is 3.27. The molecule has 0 aliphatic heterocycles. The van der Waals surface area contributed by atoms with Gasteiger partial charge in [0.25, 0.3) is 0 Å². The number of rotatable bonds is 6. The van der Waals surface area contributed by atoms with Crippen molar-refractivity contribution in [3.63, 3.8) is 0 Å². The lowest BCUT2D eigenvalue weighted by Crippen LogP contribution is -2.11. The Balaban J connectivity index is 2.16. The number of anilines is 1. The summed E-state index contributed by atoms with van der Waals surface area (Å²) < 4.78 is 10.4. The Kier molecular flexibility index (Phi) is 5.57. The first-order valence-electron chi connectivity index (χ1n) is 7.08. The molecule has 2 aromatic rings. The normalized spacial score (nSPS) is 10.4. The quantitative estimate of drug-likeness (QED) is 0.797. The van der Waals surface area contributed by atoms with Crippen molar-refractivity contribution in [1.82, 2.24) is 0 Å². The molecule has 0 aliphatic carbocycles. The van der Waals surface area contributed by atoms with Crippen LogP contribution in [-0.2, 0) is 4.79 Å². The van der Waals surface area contributed by atoms with Gasteiger partial charge in [-0.2, -0.15) is 0 Å². The fourth-order valence-corrected chi connectivity index (χ4v) is 2.07. The van der Waals surface area contributed by atoms with Crippen LogP contribution in [0, 0.1) is 0 Å². The molecule has 0 bridgehead atoms. The number of methoxy groups -OCH3 is 2. The molecule has 0 fully saturated rings. The number of benzene rings is 2. The van der Waals surface area contributed by atoms with E-state index in [4.69, 9.17) is 14.6 Å². The van der Waals surface area contributed by atoms with E-state index in [1.807, 2.05) is 0 Å². The van der Waals surface area contributed by atoms with Gasteiger partial charge in [-0.25, -0.2) is 4.79 Å². The average Bonchev–Trinajstić information content (AvgIpc) is 2.60. The van der Waals surface area contributed by atoms with Crippen molar-refractivity contribution >= 4 is 23.6 Å². The lowest BCUT2D eigenvalue weighted by atomic mass is 10.1. The van der Waals surface area contributed by atoms with Gasteiger partial charge in [-0.05, 0) is 30.3 Å². The average molecular weight is 327 g/mol. The van der Waals surface area contributed by atoms with E-state index in [-0.39, 0.29) is 11.3 Å². The van der Waals surface area contributed by atoms with Gasteiger partial charge >= 0.3 is 5.97 Å². The standard InChI is InChI=1S/C18H17NO5/c1-23-13-9-7-12(16(11-13)24-2)8-10-17(20)19-15-6-4-3-5-14(15)18(21)22/h3-11H,1-2H3,(H,19,20)(H,21,22). The van der Waals surface area contributed by atoms with E-state index in [1.165, 1.54) is 25.3 Å². The van der Waals surface area contributed by atoms with E-state index < -0.39 is 11.9 Å². The molecule has 0 heterocycles. The molecule has 2 rings (SSSR count). The SMILES string of the molecule is COc1ccc(C=CC(=O)Nc2ccccc2C(=O)O)c(OC)c1. The first-order chi connectivity index (χ1) is 11.5. The summed E-state index contributed by atoms with van der Waals surface area (Å²) in [4.78, 5) is 23.2. The summed E-state index contributed by atoms with van der Waals surface area (Å²) >= 11 is 0. The van der Waals surface area contributed by atoms with Crippen LogP contribution in [0.2, 0.25) is 0 Å². The molecule has 0 saturated heterocycles. The van der Waals surface area contributed by atoms with Gasteiger partial charge in [0.05, 0.1) is 25.5 Å². The Labute approximate surface area is 139 Å². The Hall–Kier alpha value is -3.28. The number of carboxylic acids is 1. The number of nitrogens with one attached hydrogen (secondary N) is 1. The summed E-state index contributed by atoms with van der Waals surface area (Å²) in [6.45, 7) is 0. The van der Waals surface area contributed by atoms with E-state index in [1.54, 1.807) is 43.5 Å². The van der Waals surface area contributed by atoms with Gasteiger partial charge in [0.2, 0.25) is 5.91 Å². The van der Waals surface area contributed by atoms with Crippen LogP contribution in [0.4, 0.5) is 5.69 Å². The molecule has 0 radical (unpaired) electrons. The minimum atomic E-state index is -1.10. The third-order valence-electron chi connectivity index (χ3n) is 3.27. The summed E-state index contributed by atoms with van der Waals surface area (Å²) in [7, 11) is 3.08. The van der Waals surface area contributed by atoms with Crippen LogP contribution in [0.5, 0.6) is 11.5 Å². The summed E-state index contributed by atoms with van der Waals surface area (Å²) in [6.07, 6.45) is 2.89. The van der Waals surface area contributed by atoms with Gasteiger partial charge < -0.3 is 19.9 Å². The van der Waals surface area contributed by atoms with E-state index >= 15 is 0 Å². The molecule has 2 aromatic carbocycles. The molecule has 0 aliphatic rings. The maximum Gasteiger partial charge on any atom is 0.337 e. The number of carbonyl (C=O) groups excluding carboxylic acids is 1. The summed E-state index contributed by atoms with van der Waals surface area (Å²) in [5.74, 6) is -0.346. The first-order valence-corrected chi connectivity index (χ1v) is 7.08. The molecule has 0 atom stereocenters. The van der Waals surface area contributed by atoms with E-state index in [0.717, 1.165) is 0 Å². The molecule has 2 N–H and O–H groups in total. The maximum absolute atomic E-state index is 12.0. The highest BCUT2D eigenvalue weighted by Crippen LogP contribution is 2.25. The van der Waals surface area contributed by atoms with Gasteiger partial charge in [-0.1, -0.05) is 12.1 Å². The van der Waals surface area contributed by atoms with Gasteiger partial charge in [0.15, 0.2) is 0 Å².